The number of hydrogen-bond acceptors (Lipinski definition) is 3. The number of alkyl halides is 3. The lowest BCUT2D eigenvalue weighted by molar-refractivity contribution is -0.139. The third-order valence-electron chi connectivity index (χ3n) is 3.56. The van der Waals surface area contributed by atoms with E-state index in [1.807, 2.05) is 0 Å². The fourth-order valence-electron chi connectivity index (χ4n) is 2.33. The summed E-state index contributed by atoms with van der Waals surface area (Å²) < 4.78 is 76.8. The summed E-state index contributed by atoms with van der Waals surface area (Å²) in [7, 11) is -5.60. The number of benzene rings is 1. The van der Waals surface area contributed by atoms with Crippen molar-refractivity contribution in [3.63, 3.8) is 0 Å². The van der Waals surface area contributed by atoms with Crippen molar-refractivity contribution in [3.8, 4) is 0 Å². The van der Waals surface area contributed by atoms with E-state index < -0.39 is 42.2 Å². The second kappa shape index (κ2) is 6.02. The molecule has 23 heavy (non-hydrogen) atoms. The van der Waals surface area contributed by atoms with Crippen molar-refractivity contribution >= 4 is 32.4 Å². The Labute approximate surface area is 140 Å². The molecule has 0 amide bonds. The van der Waals surface area contributed by atoms with Crippen molar-refractivity contribution in [2.45, 2.75) is 29.7 Å². The van der Waals surface area contributed by atoms with E-state index in [9.17, 15) is 25.8 Å². The van der Waals surface area contributed by atoms with Gasteiger partial charge in [0.05, 0.1) is 15.2 Å². The maximum absolute atomic E-state index is 13.1. The molecule has 0 N–H and O–H groups in total. The Balaban J connectivity index is 2.51. The van der Waals surface area contributed by atoms with Gasteiger partial charge in [-0.2, -0.15) is 17.5 Å². The van der Waals surface area contributed by atoms with Crippen LogP contribution in [0.2, 0.25) is 5.02 Å². The van der Waals surface area contributed by atoms with Gasteiger partial charge in [0.25, 0.3) is 0 Å². The summed E-state index contributed by atoms with van der Waals surface area (Å²) in [6, 6.07) is 2.57. The summed E-state index contributed by atoms with van der Waals surface area (Å²) in [4.78, 5) is -0.835. The van der Waals surface area contributed by atoms with E-state index >= 15 is 0 Å². The van der Waals surface area contributed by atoms with Gasteiger partial charge in [-0.3, -0.25) is 4.21 Å². The Morgan fingerprint density at radius 1 is 1.30 bits per heavy atom. The third kappa shape index (κ3) is 3.72. The maximum Gasteiger partial charge on any atom is 0.417 e. The molecule has 10 heteroatoms. The highest BCUT2D eigenvalue weighted by Gasteiger charge is 2.43. The normalized spacial score (nSPS) is 23.0. The SMILES string of the molecule is CC1(C)CN(S(=O)(=O)c2ccc(Cl)cc2C(F)(F)F)CC[S@@]1=O. The highest BCUT2D eigenvalue weighted by Crippen LogP contribution is 2.37. The maximum atomic E-state index is 13.1. The van der Waals surface area contributed by atoms with Gasteiger partial charge in [-0.25, -0.2) is 8.42 Å². The van der Waals surface area contributed by atoms with Gasteiger partial charge in [-0.1, -0.05) is 11.6 Å². The van der Waals surface area contributed by atoms with Gasteiger partial charge in [0, 0.05) is 34.7 Å². The van der Waals surface area contributed by atoms with Crippen LogP contribution in [0.15, 0.2) is 23.1 Å². The predicted octanol–water partition coefficient (Wildman–Crippen LogP) is 2.89. The molecule has 0 unspecified atom stereocenters. The van der Waals surface area contributed by atoms with Crippen molar-refractivity contribution in [2.75, 3.05) is 18.8 Å². The Bertz CT molecular complexity index is 747. The van der Waals surface area contributed by atoms with Crippen LogP contribution in [0, 0.1) is 0 Å². The van der Waals surface area contributed by atoms with Crippen LogP contribution in [0.3, 0.4) is 0 Å². The molecule has 130 valence electrons. The zero-order chi connectivity index (χ0) is 17.6. The second-order valence-corrected chi connectivity index (χ2v) is 10.3. The smallest absolute Gasteiger partial charge is 0.259 e. The summed E-state index contributed by atoms with van der Waals surface area (Å²) >= 11 is 5.57. The van der Waals surface area contributed by atoms with Crippen molar-refractivity contribution < 1.29 is 25.8 Å². The van der Waals surface area contributed by atoms with Gasteiger partial charge in [0.2, 0.25) is 10.0 Å². The van der Waals surface area contributed by atoms with Crippen LogP contribution in [0.5, 0.6) is 0 Å². The van der Waals surface area contributed by atoms with E-state index in [1.165, 1.54) is 0 Å². The van der Waals surface area contributed by atoms with E-state index in [1.54, 1.807) is 13.8 Å². The molecule has 1 saturated heterocycles. The lowest BCUT2D eigenvalue weighted by Crippen LogP contribution is -2.52. The van der Waals surface area contributed by atoms with Crippen LogP contribution in [-0.2, 0) is 27.0 Å². The van der Waals surface area contributed by atoms with Crippen LogP contribution in [-0.4, -0.2) is 40.5 Å². The summed E-state index contributed by atoms with van der Waals surface area (Å²) in [5.74, 6) is 0.0845. The van der Waals surface area contributed by atoms with Gasteiger partial charge < -0.3 is 0 Å². The first kappa shape index (κ1) is 18.7. The molecule has 1 aliphatic heterocycles. The molecule has 1 atom stereocenters. The molecule has 1 heterocycles. The average Bonchev–Trinajstić information content (AvgIpc) is 2.40. The summed E-state index contributed by atoms with van der Waals surface area (Å²) in [5.41, 5.74) is -1.30. The van der Waals surface area contributed by atoms with Crippen molar-refractivity contribution in [2.24, 2.45) is 0 Å². The first-order valence-electron chi connectivity index (χ1n) is 6.61. The molecule has 2 rings (SSSR count). The molecule has 0 radical (unpaired) electrons. The number of halogens is 4. The topological polar surface area (TPSA) is 54.5 Å². The van der Waals surface area contributed by atoms with Crippen LogP contribution in [0.25, 0.3) is 0 Å². The molecule has 4 nitrogen and oxygen atoms in total. The minimum Gasteiger partial charge on any atom is -0.259 e. The fourth-order valence-corrected chi connectivity index (χ4v) is 5.73. The predicted molar refractivity (Wildman–Crippen MR) is 82.3 cm³/mol. The molecule has 0 saturated carbocycles. The molecule has 0 aliphatic carbocycles. The van der Waals surface area contributed by atoms with Gasteiger partial charge in [0.15, 0.2) is 0 Å². The number of nitrogens with zero attached hydrogens (tertiary/aromatic N) is 1. The molecule has 1 aliphatic rings. The molecule has 0 aromatic heterocycles. The highest BCUT2D eigenvalue weighted by atomic mass is 35.5. The molecular weight excluding hydrogens is 375 g/mol. The summed E-state index contributed by atoms with van der Waals surface area (Å²) in [6.07, 6.45) is -4.85. The van der Waals surface area contributed by atoms with Crippen molar-refractivity contribution in [3.05, 3.63) is 28.8 Å². The number of hydrogen-bond donors (Lipinski definition) is 0. The van der Waals surface area contributed by atoms with Gasteiger partial charge in [-0.05, 0) is 32.0 Å². The zero-order valence-electron chi connectivity index (χ0n) is 12.4. The Morgan fingerprint density at radius 2 is 1.91 bits per heavy atom. The van der Waals surface area contributed by atoms with Gasteiger partial charge in [0.1, 0.15) is 0 Å². The van der Waals surface area contributed by atoms with Crippen LogP contribution < -0.4 is 0 Å². The largest absolute Gasteiger partial charge is 0.417 e. The number of sulfonamides is 1. The van der Waals surface area contributed by atoms with E-state index in [4.69, 9.17) is 11.6 Å². The minimum atomic E-state index is -4.85. The molecule has 0 spiro atoms. The lowest BCUT2D eigenvalue weighted by Gasteiger charge is -2.36. The van der Waals surface area contributed by atoms with Crippen LogP contribution in [0.4, 0.5) is 13.2 Å². The van der Waals surface area contributed by atoms with E-state index in [2.05, 4.69) is 0 Å². The Kier molecular flexibility index (Phi) is 4.89. The summed E-state index contributed by atoms with van der Waals surface area (Å²) in [6.45, 7) is 3.05. The Morgan fingerprint density at radius 3 is 2.43 bits per heavy atom. The summed E-state index contributed by atoms with van der Waals surface area (Å²) in [5, 5.41) is -0.198. The Hall–Kier alpha value is -0.640. The van der Waals surface area contributed by atoms with Crippen LogP contribution >= 0.6 is 11.6 Å². The molecule has 1 aromatic carbocycles. The zero-order valence-corrected chi connectivity index (χ0v) is 14.7. The first-order valence-corrected chi connectivity index (χ1v) is 9.75. The van der Waals surface area contributed by atoms with E-state index in [-0.39, 0.29) is 23.9 Å². The van der Waals surface area contributed by atoms with Crippen LogP contribution in [0.1, 0.15) is 19.4 Å². The lowest BCUT2D eigenvalue weighted by atomic mass is 10.2. The standard InChI is InChI=1S/C13H15ClF3NO3S2/c1-12(2)8-18(5-6-22(12)19)23(20,21)11-4-3-9(14)7-10(11)13(15,16)17/h3-4,7H,5-6,8H2,1-2H3/t22-/m0/s1. The van der Waals surface area contributed by atoms with Gasteiger partial charge in [-0.15, -0.1) is 0 Å². The molecule has 1 aromatic rings. The fraction of sp³-hybridized carbons (Fsp3) is 0.538. The monoisotopic (exact) mass is 389 g/mol. The third-order valence-corrected chi connectivity index (χ3v) is 7.62. The molecule has 0 bridgehead atoms. The average molecular weight is 390 g/mol. The highest BCUT2D eigenvalue weighted by molar-refractivity contribution is 7.90. The first-order chi connectivity index (χ1) is 10.4. The quantitative estimate of drug-likeness (QED) is 0.781. The number of rotatable bonds is 2. The van der Waals surface area contributed by atoms with Gasteiger partial charge >= 0.3 is 6.18 Å². The van der Waals surface area contributed by atoms with Crippen molar-refractivity contribution in [1.29, 1.82) is 0 Å². The second-order valence-electron chi connectivity index (χ2n) is 5.79. The molecular formula is C13H15ClF3NO3S2. The molecule has 1 fully saturated rings. The minimum absolute atomic E-state index is 0.0845. The van der Waals surface area contributed by atoms with E-state index in [0.717, 1.165) is 16.4 Å². The van der Waals surface area contributed by atoms with Crippen molar-refractivity contribution in [1.82, 2.24) is 4.31 Å². The van der Waals surface area contributed by atoms with E-state index in [0.29, 0.717) is 6.07 Å².